The number of hydrogen-bond acceptors (Lipinski definition) is 31. The molecule has 0 aromatic heterocycles. The van der Waals surface area contributed by atoms with Crippen molar-refractivity contribution in [2.45, 2.75) is 266 Å². The van der Waals surface area contributed by atoms with Crippen LogP contribution in [0.5, 0.6) is 0 Å². The summed E-state index contributed by atoms with van der Waals surface area (Å²) in [7, 11) is -9.38. The minimum absolute atomic E-state index is 0.0802. The molecule has 1 spiro atoms. The highest BCUT2D eigenvalue weighted by Crippen LogP contribution is 2.77. The third kappa shape index (κ3) is 14.4. The van der Waals surface area contributed by atoms with E-state index in [0.29, 0.717) is 38.5 Å². The number of carbonyl (C=O) groups excluding carboxylic acids is 2. The van der Waals surface area contributed by atoms with Crippen LogP contribution < -0.4 is 0 Å². The lowest BCUT2D eigenvalue weighted by molar-refractivity contribution is -0.402. The molecule has 95 heavy (non-hydrogen) atoms. The molecule has 3 saturated carbocycles. The van der Waals surface area contributed by atoms with Gasteiger partial charge in [-0.25, -0.2) is 8.37 Å². The number of allylic oxidation sites excluding steroid dienone is 2. The van der Waals surface area contributed by atoms with E-state index in [1.165, 1.54) is 21.0 Å². The van der Waals surface area contributed by atoms with Crippen molar-refractivity contribution in [3.8, 4) is 0 Å². The smallest absolute Gasteiger partial charge is 0.397 e. The second-order valence-electron chi connectivity index (χ2n) is 28.9. The van der Waals surface area contributed by atoms with E-state index >= 15 is 0 Å². The fourth-order valence-corrected chi connectivity index (χ4v) is 18.3. The Bertz CT molecular complexity index is 3040. The topological polar surface area (TPSA) is 484 Å². The Morgan fingerprint density at radius 3 is 1.94 bits per heavy atom. The van der Waals surface area contributed by atoms with Crippen molar-refractivity contribution in [2.24, 2.45) is 39.4 Å². The SMILES string of the molecule is COC1C(O)COC(OC2C(O)C(COS(=O)(=O)O)OC(OC3C(C)OC(OC4C(OC5CCC6(C)C7CCC89C(=O)OC(C)(CC=CC(C)(C)O)C8C(OC(C)=O)CC9(C)C7=CCC6C5(C)C)OCC(OS(=O)(=O)O)C4O)C(OC4OCC(O)C(O)C4O)C3O)C2O)C1O. The predicted molar refractivity (Wildman–Crippen MR) is 314 cm³/mol. The van der Waals surface area contributed by atoms with Crippen LogP contribution in [0.3, 0.4) is 0 Å². The number of fused-ring (bicyclic) bond motifs is 4. The number of rotatable bonds is 20. The van der Waals surface area contributed by atoms with Gasteiger partial charge in [-0.15, -0.1) is 0 Å². The molecule has 0 amide bonds. The average molecular weight is 1410 g/mol. The summed E-state index contributed by atoms with van der Waals surface area (Å²) >= 11 is 0. The van der Waals surface area contributed by atoms with Crippen LogP contribution in [0, 0.1) is 39.4 Å². The Kier molecular flexibility index (Phi) is 21.8. The molecule has 0 aromatic rings. The minimum atomic E-state index is -5.32. The molecule has 0 bridgehead atoms. The fraction of sp³-hybridized carbons (Fsp3) is 0.900. The number of ether oxygens (including phenoxy) is 13. The zero-order valence-electron chi connectivity index (χ0n) is 54.4. The molecule has 6 aliphatic heterocycles. The normalized spacial score (nSPS) is 48.6. The van der Waals surface area contributed by atoms with Gasteiger partial charge in [0.15, 0.2) is 31.5 Å². The molecular weight excluding hydrogens is 1310 g/mol. The molecule has 31 unspecified atom stereocenters. The summed E-state index contributed by atoms with van der Waals surface area (Å²) in [5.74, 6) is -1.60. The quantitative estimate of drug-likeness (QED) is 0.0352. The van der Waals surface area contributed by atoms with Gasteiger partial charge < -0.3 is 113 Å². The van der Waals surface area contributed by atoms with E-state index in [0.717, 1.165) is 5.57 Å². The van der Waals surface area contributed by atoms with E-state index in [-0.39, 0.29) is 24.2 Å². The van der Waals surface area contributed by atoms with E-state index < -0.39 is 239 Å². The van der Waals surface area contributed by atoms with Crippen molar-refractivity contribution >= 4 is 32.7 Å². The molecule has 4 aliphatic carbocycles. The standard InChI is InChI=1S/C60H94O33S2/c1-25-43(88-51-42(70)45(37(65)32(86-51)24-83-94(73,74)75)89-50-41(69)44(79-10)30(63)22-81-50)40(68)47(90-49-39(67)36(64)29(62)21-80-49)53(84-25)91-46-38(66)33(93-95(76,77)78)23-82-52(46)87-35-15-18-57(7)27-14-19-60-48(59(9,92-54(60)71)17-11-16-55(3,4)72)31(85-26(2)61)20-58(60,8)28(27)12-13-34(57)56(35,5)6/h11-12,16,25,27,29-53,62-70,72H,13-15,17-24H2,1-10H3,(H,73,74,75)(H,76,77,78). The second-order valence-corrected chi connectivity index (χ2v) is 31.1. The molecule has 10 aliphatic rings. The van der Waals surface area contributed by atoms with Gasteiger partial charge in [0, 0.05) is 25.9 Å². The summed E-state index contributed by atoms with van der Waals surface area (Å²) in [6.45, 7) is 13.1. The summed E-state index contributed by atoms with van der Waals surface area (Å²) in [5.41, 5.74) is -4.21. The first-order chi connectivity index (χ1) is 44.1. The molecule has 33 nitrogen and oxygen atoms in total. The molecule has 10 rings (SSSR count). The third-order valence-electron chi connectivity index (χ3n) is 21.9. The molecule has 9 fully saturated rings. The van der Waals surface area contributed by atoms with Crippen LogP contribution in [-0.2, 0) is 100 Å². The van der Waals surface area contributed by atoms with Crippen LogP contribution >= 0.6 is 0 Å². The van der Waals surface area contributed by atoms with Gasteiger partial charge in [-0.1, -0.05) is 51.5 Å². The van der Waals surface area contributed by atoms with Crippen molar-refractivity contribution < 1.29 is 157 Å². The molecule has 31 atom stereocenters. The zero-order valence-corrected chi connectivity index (χ0v) is 56.0. The first-order valence-electron chi connectivity index (χ1n) is 32.0. The Balaban J connectivity index is 0.927. The largest absolute Gasteiger partial charge is 0.462 e. The van der Waals surface area contributed by atoms with E-state index in [2.05, 4.69) is 24.1 Å². The van der Waals surface area contributed by atoms with Crippen LogP contribution in [0.1, 0.15) is 107 Å². The van der Waals surface area contributed by atoms with E-state index in [1.54, 1.807) is 26.0 Å². The summed E-state index contributed by atoms with van der Waals surface area (Å²) < 4.78 is 155. The number of aliphatic hydroxyl groups is 10. The number of methoxy groups -OCH3 is 1. The number of hydrogen-bond donors (Lipinski definition) is 12. The summed E-state index contributed by atoms with van der Waals surface area (Å²) in [4.78, 5) is 27.7. The Hall–Kier alpha value is -2.68. The van der Waals surface area contributed by atoms with Gasteiger partial charge in [0.05, 0.1) is 55.6 Å². The molecule has 6 heterocycles. The number of carbonyl (C=O) groups is 2. The third-order valence-corrected chi connectivity index (χ3v) is 22.9. The lowest BCUT2D eigenvalue weighted by Gasteiger charge is -2.64. The van der Waals surface area contributed by atoms with E-state index in [9.17, 15) is 86.6 Å². The van der Waals surface area contributed by atoms with Crippen LogP contribution in [0.2, 0.25) is 0 Å². The van der Waals surface area contributed by atoms with Gasteiger partial charge in [-0.05, 0) is 88.9 Å². The lowest BCUT2D eigenvalue weighted by Crippen LogP contribution is -2.67. The van der Waals surface area contributed by atoms with Gasteiger partial charge in [-0.2, -0.15) is 16.8 Å². The maximum Gasteiger partial charge on any atom is 0.397 e. The van der Waals surface area contributed by atoms with E-state index in [4.69, 9.17) is 65.8 Å². The summed E-state index contributed by atoms with van der Waals surface area (Å²) in [6.07, 6.45) is -33.8. The van der Waals surface area contributed by atoms with Crippen LogP contribution in [-0.4, -0.2) is 281 Å². The second kappa shape index (κ2) is 27.6. The van der Waals surface area contributed by atoms with Gasteiger partial charge in [0.2, 0.25) is 0 Å². The highest BCUT2D eigenvalue weighted by atomic mass is 32.3. The van der Waals surface area contributed by atoms with Crippen LogP contribution in [0.4, 0.5) is 0 Å². The van der Waals surface area contributed by atoms with Crippen LogP contribution in [0.15, 0.2) is 23.8 Å². The van der Waals surface area contributed by atoms with Crippen molar-refractivity contribution in [1.29, 1.82) is 0 Å². The molecule has 35 heteroatoms. The van der Waals surface area contributed by atoms with Crippen molar-refractivity contribution in [2.75, 3.05) is 33.5 Å². The Morgan fingerprint density at radius 1 is 0.684 bits per heavy atom. The van der Waals surface area contributed by atoms with E-state index in [1.807, 2.05) is 20.8 Å². The molecule has 6 saturated heterocycles. The van der Waals surface area contributed by atoms with Gasteiger partial charge in [-0.3, -0.25) is 18.7 Å². The van der Waals surface area contributed by atoms with Crippen molar-refractivity contribution in [3.05, 3.63) is 23.8 Å². The molecule has 0 aromatic carbocycles. The molecule has 544 valence electrons. The van der Waals surface area contributed by atoms with Crippen molar-refractivity contribution in [1.82, 2.24) is 0 Å². The Labute approximate surface area is 549 Å². The highest BCUT2D eigenvalue weighted by Gasteiger charge is 2.79. The zero-order chi connectivity index (χ0) is 69.8. The maximum absolute atomic E-state index is 14.8. The number of aliphatic hydroxyl groups excluding tert-OH is 9. The summed E-state index contributed by atoms with van der Waals surface area (Å²) in [5, 5.41) is 112. The fourth-order valence-electron chi connectivity index (χ4n) is 17.5. The number of esters is 2. The predicted octanol–water partition coefficient (Wildman–Crippen LogP) is -2.12. The van der Waals surface area contributed by atoms with Gasteiger partial charge in [0.1, 0.15) is 109 Å². The van der Waals surface area contributed by atoms with Crippen molar-refractivity contribution in [3.63, 3.8) is 0 Å². The maximum atomic E-state index is 14.8. The highest BCUT2D eigenvalue weighted by molar-refractivity contribution is 7.81. The van der Waals surface area contributed by atoms with Gasteiger partial charge >= 0.3 is 32.7 Å². The lowest BCUT2D eigenvalue weighted by atomic mass is 9.41. The Morgan fingerprint density at radius 2 is 1.29 bits per heavy atom. The molecule has 0 radical (unpaired) electrons. The number of cyclic esters (lactones) is 1. The first kappa shape index (κ1) is 75.0. The summed E-state index contributed by atoms with van der Waals surface area (Å²) in [6, 6.07) is 0. The minimum Gasteiger partial charge on any atom is -0.462 e. The van der Waals surface area contributed by atoms with Crippen LogP contribution in [0.25, 0.3) is 0 Å². The first-order valence-corrected chi connectivity index (χ1v) is 34.7. The molecule has 12 N–H and O–H groups in total. The monoisotopic (exact) mass is 1410 g/mol. The molecular formula is C60H94O33S2. The average Bonchev–Trinajstić information content (AvgIpc) is 1.52. The van der Waals surface area contributed by atoms with Gasteiger partial charge in [0.25, 0.3) is 0 Å².